The van der Waals surface area contributed by atoms with Gasteiger partial charge in [-0.3, -0.25) is 0 Å². The molecule has 3 aromatic rings. The average molecular weight is 265 g/mol. The summed E-state index contributed by atoms with van der Waals surface area (Å²) in [4.78, 5) is 4.64. The van der Waals surface area contributed by atoms with Gasteiger partial charge in [-0.1, -0.05) is 42.0 Å². The van der Waals surface area contributed by atoms with Gasteiger partial charge in [0.25, 0.3) is 0 Å². The highest BCUT2D eigenvalue weighted by molar-refractivity contribution is 7.19. The Morgan fingerprint density at radius 2 is 1.79 bits per heavy atom. The molecule has 0 N–H and O–H groups in total. The van der Waals surface area contributed by atoms with Gasteiger partial charge >= 0.3 is 0 Å². The Balaban J connectivity index is 1.92. The molecule has 0 atom stereocenters. The molecule has 0 aliphatic heterocycles. The second kappa shape index (κ2) is 4.98. The Hall–Kier alpha value is -1.93. The maximum atomic E-state index is 4.64. The Kier molecular flexibility index (Phi) is 3.18. The number of benzene rings is 2. The predicted molar refractivity (Wildman–Crippen MR) is 84.5 cm³/mol. The van der Waals surface area contributed by atoms with Crippen molar-refractivity contribution in [2.75, 3.05) is 0 Å². The van der Waals surface area contributed by atoms with Crippen molar-refractivity contribution in [3.63, 3.8) is 0 Å². The zero-order valence-corrected chi connectivity index (χ0v) is 11.9. The Bertz CT molecular complexity index is 753. The third-order valence-corrected chi connectivity index (χ3v) is 4.02. The summed E-state index contributed by atoms with van der Waals surface area (Å²) in [6, 6.07) is 14.9. The lowest BCUT2D eigenvalue weighted by molar-refractivity contribution is 1.43. The number of hydrogen-bond acceptors (Lipinski definition) is 2. The molecule has 0 saturated heterocycles. The molecule has 0 saturated carbocycles. The van der Waals surface area contributed by atoms with Crippen LogP contribution in [0.2, 0.25) is 0 Å². The van der Waals surface area contributed by atoms with E-state index in [1.807, 2.05) is 0 Å². The van der Waals surface area contributed by atoms with E-state index in [-0.39, 0.29) is 0 Å². The second-order valence-electron chi connectivity index (χ2n) is 4.77. The lowest BCUT2D eigenvalue weighted by Gasteiger charge is -1.94. The topological polar surface area (TPSA) is 12.9 Å². The van der Waals surface area contributed by atoms with Crippen LogP contribution in [-0.2, 0) is 0 Å². The highest BCUT2D eigenvalue weighted by Gasteiger charge is 2.00. The first kappa shape index (κ1) is 12.1. The monoisotopic (exact) mass is 265 g/mol. The number of fused-ring (bicyclic) bond motifs is 1. The summed E-state index contributed by atoms with van der Waals surface area (Å²) in [5.41, 5.74) is 4.85. The van der Waals surface area contributed by atoms with Crippen LogP contribution in [0, 0.1) is 13.8 Å². The Morgan fingerprint density at radius 1 is 0.947 bits per heavy atom. The van der Waals surface area contributed by atoms with E-state index in [2.05, 4.69) is 73.4 Å². The zero-order chi connectivity index (χ0) is 13.2. The van der Waals surface area contributed by atoms with Crippen LogP contribution in [0.25, 0.3) is 22.4 Å². The second-order valence-corrected chi connectivity index (χ2v) is 5.83. The van der Waals surface area contributed by atoms with Gasteiger partial charge in [0.1, 0.15) is 5.01 Å². The van der Waals surface area contributed by atoms with Gasteiger partial charge in [-0.25, -0.2) is 4.98 Å². The van der Waals surface area contributed by atoms with E-state index in [4.69, 9.17) is 0 Å². The van der Waals surface area contributed by atoms with Gasteiger partial charge in [0, 0.05) is 0 Å². The summed E-state index contributed by atoms with van der Waals surface area (Å²) in [5, 5.41) is 1.06. The first-order valence-electron chi connectivity index (χ1n) is 6.33. The molecule has 0 spiro atoms. The largest absolute Gasteiger partial charge is 0.237 e. The first-order chi connectivity index (χ1) is 9.20. The molecule has 0 unspecified atom stereocenters. The molecule has 2 heteroatoms. The number of thiazole rings is 1. The summed E-state index contributed by atoms with van der Waals surface area (Å²) in [5.74, 6) is 0. The van der Waals surface area contributed by atoms with Crippen LogP contribution >= 0.6 is 11.3 Å². The number of hydrogen-bond donors (Lipinski definition) is 0. The zero-order valence-electron chi connectivity index (χ0n) is 11.1. The van der Waals surface area contributed by atoms with E-state index in [1.165, 1.54) is 21.4 Å². The number of aromatic nitrogens is 1. The third kappa shape index (κ3) is 2.74. The highest BCUT2D eigenvalue weighted by atomic mass is 32.1. The minimum absolute atomic E-state index is 1.06. The van der Waals surface area contributed by atoms with Gasteiger partial charge < -0.3 is 0 Å². The van der Waals surface area contributed by atoms with Crippen LogP contribution < -0.4 is 0 Å². The van der Waals surface area contributed by atoms with Gasteiger partial charge in [0.15, 0.2) is 0 Å². The van der Waals surface area contributed by atoms with Gasteiger partial charge in [0.2, 0.25) is 0 Å². The molecule has 1 aromatic heterocycles. The molecule has 0 aliphatic carbocycles. The van der Waals surface area contributed by atoms with Gasteiger partial charge in [-0.15, -0.1) is 11.3 Å². The standard InChI is InChI=1S/C17H15NS/c1-12-4-3-5-14(10-12)7-9-17-18-15-11-13(2)6-8-16(15)19-17/h3-11H,1-2H3/b9-7+. The van der Waals surface area contributed by atoms with Crippen LogP contribution in [0.4, 0.5) is 0 Å². The van der Waals surface area contributed by atoms with Crippen molar-refractivity contribution in [1.29, 1.82) is 0 Å². The first-order valence-corrected chi connectivity index (χ1v) is 7.14. The predicted octanol–water partition coefficient (Wildman–Crippen LogP) is 5.08. The summed E-state index contributed by atoms with van der Waals surface area (Å²) >= 11 is 1.73. The fourth-order valence-corrected chi connectivity index (χ4v) is 2.92. The van der Waals surface area contributed by atoms with Crippen molar-refractivity contribution < 1.29 is 0 Å². The van der Waals surface area contributed by atoms with E-state index in [0.717, 1.165) is 10.5 Å². The van der Waals surface area contributed by atoms with Crippen LogP contribution in [0.1, 0.15) is 21.7 Å². The van der Waals surface area contributed by atoms with E-state index in [9.17, 15) is 0 Å². The van der Waals surface area contributed by atoms with Crippen molar-refractivity contribution in [3.8, 4) is 0 Å². The summed E-state index contributed by atoms with van der Waals surface area (Å²) in [6.07, 6.45) is 4.21. The molecule has 0 radical (unpaired) electrons. The van der Waals surface area contributed by atoms with E-state index in [1.54, 1.807) is 11.3 Å². The van der Waals surface area contributed by atoms with Gasteiger partial charge in [-0.2, -0.15) is 0 Å². The van der Waals surface area contributed by atoms with Crippen LogP contribution in [0.5, 0.6) is 0 Å². The van der Waals surface area contributed by atoms with Crippen molar-refractivity contribution >= 4 is 33.7 Å². The average Bonchev–Trinajstić information content (AvgIpc) is 2.78. The molecule has 94 valence electrons. The molecule has 1 nitrogen and oxygen atoms in total. The summed E-state index contributed by atoms with van der Waals surface area (Å²) < 4.78 is 1.24. The molecule has 1 heterocycles. The Labute approximate surface area is 117 Å². The fourth-order valence-electron chi connectivity index (χ4n) is 2.07. The minimum atomic E-state index is 1.06. The lowest BCUT2D eigenvalue weighted by Crippen LogP contribution is -1.75. The molecule has 0 aliphatic rings. The fraction of sp³-hybridized carbons (Fsp3) is 0.118. The van der Waals surface area contributed by atoms with E-state index >= 15 is 0 Å². The third-order valence-electron chi connectivity index (χ3n) is 3.02. The number of aryl methyl sites for hydroxylation is 2. The molecule has 0 amide bonds. The van der Waals surface area contributed by atoms with Crippen molar-refractivity contribution in [2.45, 2.75) is 13.8 Å². The van der Waals surface area contributed by atoms with Crippen molar-refractivity contribution in [1.82, 2.24) is 4.98 Å². The maximum absolute atomic E-state index is 4.64. The SMILES string of the molecule is Cc1cccc(/C=C/c2nc3cc(C)ccc3s2)c1. The van der Waals surface area contributed by atoms with Crippen molar-refractivity contribution in [3.05, 3.63) is 64.2 Å². The van der Waals surface area contributed by atoms with Gasteiger partial charge in [0.05, 0.1) is 10.2 Å². The molecular weight excluding hydrogens is 250 g/mol. The molecule has 0 fully saturated rings. The molecule has 0 bridgehead atoms. The molecular formula is C17H15NS. The highest BCUT2D eigenvalue weighted by Crippen LogP contribution is 2.24. The van der Waals surface area contributed by atoms with E-state index in [0.29, 0.717) is 0 Å². The number of nitrogens with zero attached hydrogens (tertiary/aromatic N) is 1. The van der Waals surface area contributed by atoms with Crippen molar-refractivity contribution in [2.24, 2.45) is 0 Å². The number of rotatable bonds is 2. The normalized spacial score (nSPS) is 11.5. The van der Waals surface area contributed by atoms with Crippen LogP contribution in [0.15, 0.2) is 42.5 Å². The Morgan fingerprint density at radius 3 is 2.63 bits per heavy atom. The van der Waals surface area contributed by atoms with Crippen LogP contribution in [-0.4, -0.2) is 4.98 Å². The smallest absolute Gasteiger partial charge is 0.117 e. The minimum Gasteiger partial charge on any atom is -0.237 e. The van der Waals surface area contributed by atoms with E-state index < -0.39 is 0 Å². The molecule has 2 aromatic carbocycles. The quantitative estimate of drug-likeness (QED) is 0.629. The molecule has 3 rings (SSSR count). The molecule has 19 heavy (non-hydrogen) atoms. The summed E-state index contributed by atoms with van der Waals surface area (Å²) in [7, 11) is 0. The maximum Gasteiger partial charge on any atom is 0.117 e. The van der Waals surface area contributed by atoms with Crippen LogP contribution in [0.3, 0.4) is 0 Å². The summed E-state index contributed by atoms with van der Waals surface area (Å²) in [6.45, 7) is 4.21. The van der Waals surface area contributed by atoms with Gasteiger partial charge in [-0.05, 0) is 43.2 Å². The lowest BCUT2D eigenvalue weighted by atomic mass is 10.1.